The lowest BCUT2D eigenvalue weighted by Gasteiger charge is -2.18. The molecule has 0 unspecified atom stereocenters. The average Bonchev–Trinajstić information content (AvgIpc) is 2.67. The molecule has 0 bridgehead atoms. The Morgan fingerprint density at radius 3 is 2.26 bits per heavy atom. The second-order valence-electron chi connectivity index (χ2n) is 6.18. The van der Waals surface area contributed by atoms with Gasteiger partial charge in [0.05, 0.1) is 11.6 Å². The first kappa shape index (κ1) is 20.0. The van der Waals surface area contributed by atoms with Crippen molar-refractivity contribution in [2.75, 3.05) is 0 Å². The molecule has 0 aliphatic carbocycles. The molecule has 1 amide bonds. The Morgan fingerprint density at radius 1 is 1.04 bits per heavy atom. The summed E-state index contributed by atoms with van der Waals surface area (Å²) in [5, 5.41) is 11.5. The molecule has 0 radical (unpaired) electrons. The number of nitrogens with zero attached hydrogens (tertiary/aromatic N) is 1. The van der Waals surface area contributed by atoms with Crippen molar-refractivity contribution in [2.45, 2.75) is 39.5 Å². The topological polar surface area (TPSA) is 88.4 Å². The number of carbonyl (C=O) groups is 2. The van der Waals surface area contributed by atoms with Crippen molar-refractivity contribution in [2.24, 2.45) is 0 Å². The van der Waals surface area contributed by atoms with Crippen LogP contribution in [0.4, 0.5) is 0 Å². The van der Waals surface area contributed by atoms with Crippen LogP contribution in [-0.4, -0.2) is 24.1 Å². The van der Waals surface area contributed by atoms with Crippen molar-refractivity contribution in [3.8, 4) is 11.8 Å². The Kier molecular flexibility index (Phi) is 6.95. The third-order valence-electron chi connectivity index (χ3n) is 3.88. The van der Waals surface area contributed by atoms with Crippen LogP contribution >= 0.6 is 0 Å². The van der Waals surface area contributed by atoms with Gasteiger partial charge in [-0.05, 0) is 50.6 Å². The lowest BCUT2D eigenvalue weighted by Crippen LogP contribution is -2.38. The monoisotopic (exact) mass is 366 g/mol. The molecule has 0 aromatic heterocycles. The van der Waals surface area contributed by atoms with Gasteiger partial charge in [0.1, 0.15) is 5.75 Å². The summed E-state index contributed by atoms with van der Waals surface area (Å²) in [4.78, 5) is 24.2. The molecule has 6 heteroatoms. The normalized spacial score (nSPS) is 12.4. The molecular weight excluding hydrogens is 344 g/mol. The SMILES string of the molecule is Cc1ccc(CNC(=O)[C@H](C)OC(=O)[C@H](C)Oc2ccc(C#N)cc2)cc1. The van der Waals surface area contributed by atoms with Crippen molar-refractivity contribution in [1.82, 2.24) is 5.32 Å². The second-order valence-corrected chi connectivity index (χ2v) is 6.18. The minimum Gasteiger partial charge on any atom is -0.479 e. The number of esters is 1. The van der Waals surface area contributed by atoms with Gasteiger partial charge in [0.15, 0.2) is 12.2 Å². The van der Waals surface area contributed by atoms with Gasteiger partial charge in [-0.25, -0.2) is 4.79 Å². The largest absolute Gasteiger partial charge is 0.479 e. The summed E-state index contributed by atoms with van der Waals surface area (Å²) >= 11 is 0. The third-order valence-corrected chi connectivity index (χ3v) is 3.88. The molecule has 0 heterocycles. The van der Waals surface area contributed by atoms with Crippen LogP contribution in [0, 0.1) is 18.3 Å². The summed E-state index contributed by atoms with van der Waals surface area (Å²) in [7, 11) is 0. The number of amides is 1. The fourth-order valence-electron chi connectivity index (χ4n) is 2.22. The molecule has 2 aromatic rings. The maximum atomic E-state index is 12.1. The van der Waals surface area contributed by atoms with Crippen molar-refractivity contribution < 1.29 is 19.1 Å². The first-order valence-corrected chi connectivity index (χ1v) is 8.59. The van der Waals surface area contributed by atoms with Crippen LogP contribution < -0.4 is 10.1 Å². The van der Waals surface area contributed by atoms with E-state index in [0.29, 0.717) is 17.9 Å². The van der Waals surface area contributed by atoms with Gasteiger partial charge >= 0.3 is 5.97 Å². The number of nitrogens with one attached hydrogen (secondary N) is 1. The van der Waals surface area contributed by atoms with E-state index in [9.17, 15) is 9.59 Å². The molecular formula is C21H22N2O4. The molecule has 2 rings (SSSR count). The van der Waals surface area contributed by atoms with Gasteiger partial charge in [-0.15, -0.1) is 0 Å². The minimum atomic E-state index is -0.935. The maximum absolute atomic E-state index is 12.1. The summed E-state index contributed by atoms with van der Waals surface area (Å²) in [5.41, 5.74) is 2.60. The number of aryl methyl sites for hydroxylation is 1. The number of hydrogen-bond acceptors (Lipinski definition) is 5. The van der Waals surface area contributed by atoms with Crippen LogP contribution in [0.1, 0.15) is 30.5 Å². The van der Waals surface area contributed by atoms with E-state index in [1.165, 1.54) is 13.8 Å². The number of ether oxygens (including phenoxy) is 2. The van der Waals surface area contributed by atoms with Crippen LogP contribution in [0.2, 0.25) is 0 Å². The van der Waals surface area contributed by atoms with Gasteiger partial charge in [-0.2, -0.15) is 5.26 Å². The molecule has 0 spiro atoms. The molecule has 0 fully saturated rings. The van der Waals surface area contributed by atoms with Crippen LogP contribution in [0.5, 0.6) is 5.75 Å². The summed E-state index contributed by atoms with van der Waals surface area (Å²) in [6, 6.07) is 16.2. The Morgan fingerprint density at radius 2 is 1.67 bits per heavy atom. The van der Waals surface area contributed by atoms with E-state index in [1.54, 1.807) is 24.3 Å². The molecule has 0 aliphatic heterocycles. The number of nitriles is 1. The molecule has 1 N–H and O–H groups in total. The minimum absolute atomic E-state index is 0.359. The molecule has 0 saturated carbocycles. The van der Waals surface area contributed by atoms with Crippen LogP contribution in [0.3, 0.4) is 0 Å². The smallest absolute Gasteiger partial charge is 0.347 e. The predicted molar refractivity (Wildman–Crippen MR) is 99.8 cm³/mol. The van der Waals surface area contributed by atoms with E-state index in [1.807, 2.05) is 37.3 Å². The van der Waals surface area contributed by atoms with Crippen molar-refractivity contribution in [3.63, 3.8) is 0 Å². The number of hydrogen-bond donors (Lipinski definition) is 1. The van der Waals surface area contributed by atoms with Crippen molar-refractivity contribution in [3.05, 3.63) is 65.2 Å². The van der Waals surface area contributed by atoms with Gasteiger partial charge < -0.3 is 14.8 Å². The molecule has 0 aliphatic rings. The third kappa shape index (κ3) is 6.15. The molecule has 140 valence electrons. The molecule has 2 aromatic carbocycles. The van der Waals surface area contributed by atoms with Crippen LogP contribution in [-0.2, 0) is 20.9 Å². The van der Waals surface area contributed by atoms with Crippen LogP contribution in [0.25, 0.3) is 0 Å². The highest BCUT2D eigenvalue weighted by atomic mass is 16.6. The average molecular weight is 366 g/mol. The predicted octanol–water partition coefficient (Wildman–Crippen LogP) is 2.88. The first-order chi connectivity index (χ1) is 12.9. The fourth-order valence-corrected chi connectivity index (χ4v) is 2.22. The molecule has 2 atom stereocenters. The lowest BCUT2D eigenvalue weighted by molar-refractivity contribution is -0.160. The van der Waals surface area contributed by atoms with Gasteiger partial charge in [0, 0.05) is 6.54 Å². The molecule has 6 nitrogen and oxygen atoms in total. The van der Waals surface area contributed by atoms with Crippen molar-refractivity contribution in [1.29, 1.82) is 5.26 Å². The Hall–Kier alpha value is -3.33. The second kappa shape index (κ2) is 9.39. The lowest BCUT2D eigenvalue weighted by atomic mass is 10.1. The van der Waals surface area contributed by atoms with Gasteiger partial charge in [0.25, 0.3) is 5.91 Å². The Balaban J connectivity index is 1.81. The van der Waals surface area contributed by atoms with Crippen LogP contribution in [0.15, 0.2) is 48.5 Å². The van der Waals surface area contributed by atoms with Gasteiger partial charge in [-0.1, -0.05) is 29.8 Å². The highest BCUT2D eigenvalue weighted by Crippen LogP contribution is 2.14. The van der Waals surface area contributed by atoms with E-state index in [0.717, 1.165) is 11.1 Å². The fraction of sp³-hybridized carbons (Fsp3) is 0.286. The zero-order chi connectivity index (χ0) is 19.8. The highest BCUT2D eigenvalue weighted by molar-refractivity contribution is 5.84. The summed E-state index contributed by atoms with van der Waals surface area (Å²) < 4.78 is 10.7. The highest BCUT2D eigenvalue weighted by Gasteiger charge is 2.23. The number of rotatable bonds is 7. The van der Waals surface area contributed by atoms with Gasteiger partial charge in [-0.3, -0.25) is 4.79 Å². The zero-order valence-corrected chi connectivity index (χ0v) is 15.6. The van der Waals surface area contributed by atoms with Gasteiger partial charge in [0.2, 0.25) is 0 Å². The summed E-state index contributed by atoms with van der Waals surface area (Å²) in [6.07, 6.45) is -1.82. The van der Waals surface area contributed by atoms with Crippen molar-refractivity contribution >= 4 is 11.9 Å². The summed E-state index contributed by atoms with van der Waals surface area (Å²) in [6.45, 7) is 5.40. The maximum Gasteiger partial charge on any atom is 0.347 e. The first-order valence-electron chi connectivity index (χ1n) is 8.59. The zero-order valence-electron chi connectivity index (χ0n) is 15.6. The number of benzene rings is 2. The van der Waals surface area contributed by atoms with E-state index >= 15 is 0 Å². The number of carbonyl (C=O) groups excluding carboxylic acids is 2. The standard InChI is InChI=1S/C21H22N2O4/c1-14-4-6-18(7-5-14)13-23-20(24)15(2)27-21(25)16(3)26-19-10-8-17(12-22)9-11-19/h4-11,15-16H,13H2,1-3H3,(H,23,24)/t15-,16-/m0/s1. The Bertz CT molecular complexity index is 823. The van der Waals surface area contributed by atoms with E-state index < -0.39 is 18.2 Å². The van der Waals surface area contributed by atoms with E-state index in [2.05, 4.69) is 5.32 Å². The van der Waals surface area contributed by atoms with E-state index in [4.69, 9.17) is 14.7 Å². The molecule has 0 saturated heterocycles. The molecule has 27 heavy (non-hydrogen) atoms. The quantitative estimate of drug-likeness (QED) is 0.761. The van der Waals surface area contributed by atoms with E-state index in [-0.39, 0.29) is 5.91 Å². The Labute approximate surface area is 158 Å². The summed E-state index contributed by atoms with van der Waals surface area (Å²) in [5.74, 6) is -0.582.